The van der Waals surface area contributed by atoms with Crippen LogP contribution in [0.5, 0.6) is 11.5 Å². The Morgan fingerprint density at radius 2 is 1.94 bits per heavy atom. The predicted octanol–water partition coefficient (Wildman–Crippen LogP) is 5.44. The van der Waals surface area contributed by atoms with Crippen molar-refractivity contribution in [3.63, 3.8) is 0 Å². The molecule has 48 heavy (non-hydrogen) atoms. The molecule has 0 spiro atoms. The van der Waals surface area contributed by atoms with E-state index in [4.69, 9.17) is 26.8 Å². The molecule has 2 aromatic carbocycles. The molecule has 3 aliphatic carbocycles. The third-order valence-corrected chi connectivity index (χ3v) is 9.30. The molecule has 2 amide bonds. The van der Waals surface area contributed by atoms with Crippen molar-refractivity contribution in [2.45, 2.75) is 69.4 Å². The SMILES string of the molecule is CCOc1c(CC(N)=O)cc([C@@](O)(CNC(=O)c2cc(OC3CC3)c3nn(C4(F)CC4)cc3c2)C2CC2)nc1-c1ccc(F)c(F)c1Cl. The molecule has 3 saturated carbocycles. The van der Waals surface area contributed by atoms with Gasteiger partial charge in [-0.1, -0.05) is 11.6 Å². The first-order valence-corrected chi connectivity index (χ1v) is 16.3. The van der Waals surface area contributed by atoms with E-state index in [9.17, 15) is 27.9 Å². The summed E-state index contributed by atoms with van der Waals surface area (Å²) in [5.41, 5.74) is 4.76. The van der Waals surface area contributed by atoms with E-state index in [1.54, 1.807) is 25.3 Å². The summed E-state index contributed by atoms with van der Waals surface area (Å²) in [5, 5.41) is 19.4. The summed E-state index contributed by atoms with van der Waals surface area (Å²) >= 11 is 6.24. The summed E-state index contributed by atoms with van der Waals surface area (Å²) in [5.74, 6) is -5.12. The number of rotatable bonds is 13. The molecule has 252 valence electrons. The van der Waals surface area contributed by atoms with Crippen molar-refractivity contribution in [2.75, 3.05) is 13.2 Å². The van der Waals surface area contributed by atoms with Crippen LogP contribution in [0.25, 0.3) is 22.2 Å². The predicted molar refractivity (Wildman–Crippen MR) is 169 cm³/mol. The van der Waals surface area contributed by atoms with E-state index in [0.29, 0.717) is 42.3 Å². The number of carbonyl (C=O) groups is 2. The molecule has 3 fully saturated rings. The highest BCUT2D eigenvalue weighted by molar-refractivity contribution is 6.33. The van der Waals surface area contributed by atoms with Gasteiger partial charge in [0.05, 0.1) is 36.4 Å². The fourth-order valence-electron chi connectivity index (χ4n) is 5.87. The number of carbonyl (C=O) groups excluding carboxylic acids is 2. The number of ether oxygens (including phenoxy) is 2. The first-order valence-electron chi connectivity index (χ1n) is 15.9. The largest absolute Gasteiger partial charge is 0.491 e. The van der Waals surface area contributed by atoms with E-state index >= 15 is 0 Å². The Kier molecular flexibility index (Phi) is 8.02. The number of amides is 2. The van der Waals surface area contributed by atoms with Gasteiger partial charge in [-0.05, 0) is 68.9 Å². The zero-order chi connectivity index (χ0) is 34.0. The smallest absolute Gasteiger partial charge is 0.251 e. The van der Waals surface area contributed by atoms with Crippen LogP contribution in [0, 0.1) is 17.6 Å². The number of nitrogens with zero attached hydrogens (tertiary/aromatic N) is 3. The van der Waals surface area contributed by atoms with E-state index in [1.807, 2.05) is 0 Å². The van der Waals surface area contributed by atoms with Gasteiger partial charge in [-0.3, -0.25) is 9.59 Å². The Hall–Kier alpha value is -4.36. The number of aromatic nitrogens is 3. The number of hydrogen-bond acceptors (Lipinski definition) is 7. The summed E-state index contributed by atoms with van der Waals surface area (Å²) < 4.78 is 56.7. The van der Waals surface area contributed by atoms with Crippen LogP contribution in [0.3, 0.4) is 0 Å². The molecule has 2 heterocycles. The van der Waals surface area contributed by atoms with Crippen LogP contribution in [0.4, 0.5) is 13.2 Å². The highest BCUT2D eigenvalue weighted by Crippen LogP contribution is 2.48. The summed E-state index contributed by atoms with van der Waals surface area (Å²) in [6, 6.07) is 6.75. The molecule has 1 atom stereocenters. The topological polar surface area (TPSA) is 142 Å². The van der Waals surface area contributed by atoms with Gasteiger partial charge in [0.1, 0.15) is 28.3 Å². The van der Waals surface area contributed by atoms with Crippen LogP contribution in [0.2, 0.25) is 5.02 Å². The van der Waals surface area contributed by atoms with E-state index in [2.05, 4.69) is 15.4 Å². The average molecular weight is 684 g/mol. The molecule has 0 unspecified atom stereocenters. The Morgan fingerprint density at radius 1 is 1.19 bits per heavy atom. The minimum Gasteiger partial charge on any atom is -0.491 e. The molecule has 14 heteroatoms. The van der Waals surface area contributed by atoms with Gasteiger partial charge in [-0.15, -0.1) is 0 Å². The van der Waals surface area contributed by atoms with Gasteiger partial charge >= 0.3 is 0 Å². The number of aliphatic hydroxyl groups is 1. The van der Waals surface area contributed by atoms with Gasteiger partial charge in [0.2, 0.25) is 11.7 Å². The highest BCUT2D eigenvalue weighted by atomic mass is 35.5. The lowest BCUT2D eigenvalue weighted by atomic mass is 9.90. The van der Waals surface area contributed by atoms with Crippen molar-refractivity contribution in [3.8, 4) is 22.8 Å². The van der Waals surface area contributed by atoms with E-state index in [-0.39, 0.29) is 65.4 Å². The van der Waals surface area contributed by atoms with Crippen molar-refractivity contribution in [2.24, 2.45) is 11.7 Å². The van der Waals surface area contributed by atoms with Gasteiger partial charge < -0.3 is 25.6 Å². The van der Waals surface area contributed by atoms with Gasteiger partial charge in [-0.25, -0.2) is 22.8 Å². The van der Waals surface area contributed by atoms with Gasteiger partial charge in [0, 0.05) is 41.1 Å². The number of alkyl halides is 1. The lowest BCUT2D eigenvalue weighted by Crippen LogP contribution is -2.43. The zero-order valence-corrected chi connectivity index (χ0v) is 26.7. The van der Waals surface area contributed by atoms with Gasteiger partial charge in [-0.2, -0.15) is 5.10 Å². The molecule has 0 aliphatic heterocycles. The molecule has 4 aromatic rings. The van der Waals surface area contributed by atoms with Crippen molar-refractivity contribution in [3.05, 3.63) is 70.0 Å². The number of hydrogen-bond donors (Lipinski definition) is 3. The molecule has 7 rings (SSSR count). The molecule has 10 nitrogen and oxygen atoms in total. The lowest BCUT2D eigenvalue weighted by molar-refractivity contribution is -0.117. The van der Waals surface area contributed by atoms with E-state index in [0.717, 1.165) is 18.9 Å². The number of pyridine rings is 1. The van der Waals surface area contributed by atoms with Crippen LogP contribution < -0.4 is 20.5 Å². The Bertz CT molecular complexity index is 1960. The van der Waals surface area contributed by atoms with Crippen LogP contribution >= 0.6 is 11.6 Å². The molecule has 0 radical (unpaired) electrons. The number of nitrogens with two attached hydrogens (primary N) is 1. The summed E-state index contributed by atoms with van der Waals surface area (Å²) in [7, 11) is 0. The number of primary amides is 1. The molecule has 3 aliphatic rings. The van der Waals surface area contributed by atoms with Crippen molar-refractivity contribution in [1.82, 2.24) is 20.1 Å². The first kappa shape index (κ1) is 32.2. The van der Waals surface area contributed by atoms with E-state index < -0.39 is 39.9 Å². The second-order valence-electron chi connectivity index (χ2n) is 12.7. The third-order valence-electron chi connectivity index (χ3n) is 8.94. The summed E-state index contributed by atoms with van der Waals surface area (Å²) in [6.45, 7) is 1.54. The van der Waals surface area contributed by atoms with Crippen LogP contribution in [-0.4, -0.2) is 50.9 Å². The number of halogens is 4. The van der Waals surface area contributed by atoms with Crippen LogP contribution in [-0.2, 0) is 22.6 Å². The normalized spacial score (nSPS) is 18.0. The minimum absolute atomic E-state index is 0.00510. The van der Waals surface area contributed by atoms with Crippen LogP contribution in [0.15, 0.2) is 36.5 Å². The number of nitrogens with one attached hydrogen (secondary N) is 1. The lowest BCUT2D eigenvalue weighted by Gasteiger charge is -2.30. The van der Waals surface area contributed by atoms with Crippen molar-refractivity contribution in [1.29, 1.82) is 0 Å². The molecule has 4 N–H and O–H groups in total. The monoisotopic (exact) mass is 683 g/mol. The molecule has 0 bridgehead atoms. The fraction of sp³-hybridized carbons (Fsp3) is 0.412. The van der Waals surface area contributed by atoms with Gasteiger partial charge in [0.15, 0.2) is 11.6 Å². The Morgan fingerprint density at radius 3 is 2.58 bits per heavy atom. The second-order valence-corrected chi connectivity index (χ2v) is 13.1. The van der Waals surface area contributed by atoms with Crippen LogP contribution in [0.1, 0.15) is 67.1 Å². The Balaban J connectivity index is 1.25. The Labute approximate surface area is 278 Å². The molecular weight excluding hydrogens is 651 g/mol. The number of benzene rings is 2. The van der Waals surface area contributed by atoms with Crippen molar-refractivity contribution < 1.29 is 37.3 Å². The van der Waals surface area contributed by atoms with Gasteiger partial charge in [0.25, 0.3) is 5.91 Å². The first-order chi connectivity index (χ1) is 22.9. The second kappa shape index (κ2) is 12.0. The number of fused-ring (bicyclic) bond motifs is 1. The maximum Gasteiger partial charge on any atom is 0.251 e. The third kappa shape index (κ3) is 6.05. The van der Waals surface area contributed by atoms with Crippen molar-refractivity contribution >= 4 is 34.3 Å². The van der Waals surface area contributed by atoms with E-state index in [1.165, 1.54) is 16.8 Å². The minimum atomic E-state index is -1.75. The summed E-state index contributed by atoms with van der Waals surface area (Å²) in [6.07, 6.45) is 4.92. The molecule has 0 saturated heterocycles. The highest BCUT2D eigenvalue weighted by Gasteiger charge is 2.48. The molecular formula is C34H33ClF3N5O5. The maximum atomic E-state index is 14.9. The quantitative estimate of drug-likeness (QED) is 0.159. The molecule has 2 aromatic heterocycles. The average Bonchev–Trinajstić information content (AvgIpc) is 3.95. The maximum absolute atomic E-state index is 14.9. The zero-order valence-electron chi connectivity index (χ0n) is 26.0. The standard InChI is InChI=1S/C34H33ClF3N5O5/c1-2-47-31-17(14-26(39)44)13-25(41-30(31)22-7-8-23(36)28(37)27(22)35)34(46,20-3-4-20)16-40-32(45)18-11-19-15-43(33(38)9-10-33)42-29(19)24(12-18)48-21-5-6-21/h7-8,11-13,15,20-21,46H,2-6,9-10,14,16H2,1H3,(H2,39,44)(H,40,45)/t34-/m1/s1. The fourth-order valence-corrected chi connectivity index (χ4v) is 6.12. The summed E-state index contributed by atoms with van der Waals surface area (Å²) in [4.78, 5) is 30.4.